The molecule has 4 heteroatoms. The van der Waals surface area contributed by atoms with Crippen molar-refractivity contribution in [3.8, 4) is 22.4 Å². The van der Waals surface area contributed by atoms with Crippen LogP contribution in [0.25, 0.3) is 33.3 Å². The van der Waals surface area contributed by atoms with Gasteiger partial charge in [-0.25, -0.2) is 0 Å². The molecule has 4 aromatic rings. The van der Waals surface area contributed by atoms with Gasteiger partial charge >= 0.3 is 0 Å². The predicted octanol–water partition coefficient (Wildman–Crippen LogP) is 5.29. The summed E-state index contributed by atoms with van der Waals surface area (Å²) < 4.78 is 7.84. The lowest BCUT2D eigenvalue weighted by Crippen LogP contribution is -2.42. The van der Waals surface area contributed by atoms with E-state index in [0.29, 0.717) is 13.1 Å². The molecule has 1 aromatic heterocycles. The number of morpholine rings is 1. The lowest BCUT2D eigenvalue weighted by atomic mass is 9.97. The number of aliphatic hydroxyl groups is 1. The second kappa shape index (κ2) is 9.52. The van der Waals surface area contributed by atoms with Gasteiger partial charge in [-0.3, -0.25) is 4.90 Å². The molecule has 1 aliphatic rings. The molecule has 1 unspecified atom stereocenters. The molecule has 33 heavy (non-hydrogen) atoms. The summed E-state index contributed by atoms with van der Waals surface area (Å²) in [5.41, 5.74) is 8.48. The zero-order valence-corrected chi connectivity index (χ0v) is 19.5. The molecule has 3 aromatic carbocycles. The fraction of sp³-hybridized carbons (Fsp3) is 0.310. The average Bonchev–Trinajstić information content (AvgIpc) is 3.14. The van der Waals surface area contributed by atoms with Gasteiger partial charge in [0.2, 0.25) is 0 Å². The van der Waals surface area contributed by atoms with Crippen molar-refractivity contribution in [2.24, 2.45) is 0 Å². The van der Waals surface area contributed by atoms with Gasteiger partial charge in [0.05, 0.1) is 37.1 Å². The summed E-state index contributed by atoms with van der Waals surface area (Å²) in [4.78, 5) is 2.30. The molecule has 1 N–H and O–H groups in total. The van der Waals surface area contributed by atoms with Crippen molar-refractivity contribution in [2.45, 2.75) is 26.5 Å². The van der Waals surface area contributed by atoms with E-state index in [2.05, 4.69) is 96.1 Å². The van der Waals surface area contributed by atoms with Crippen molar-refractivity contribution in [1.29, 1.82) is 0 Å². The highest BCUT2D eigenvalue weighted by Crippen LogP contribution is 2.42. The second-order valence-electron chi connectivity index (χ2n) is 9.11. The number of β-amino-alcohol motifs (C(OH)–C–C–N with tert-alkyl or cyclic N) is 1. The molecule has 0 spiro atoms. The van der Waals surface area contributed by atoms with Gasteiger partial charge in [-0.2, -0.15) is 0 Å². The third-order valence-electron chi connectivity index (χ3n) is 6.57. The second-order valence-corrected chi connectivity index (χ2v) is 9.11. The van der Waals surface area contributed by atoms with Gasteiger partial charge in [-0.15, -0.1) is 0 Å². The number of hydrogen-bond acceptors (Lipinski definition) is 3. The molecule has 0 aliphatic carbocycles. The third-order valence-corrected chi connectivity index (χ3v) is 6.57. The Kier molecular flexibility index (Phi) is 6.32. The highest BCUT2D eigenvalue weighted by atomic mass is 16.5. The molecular formula is C29H32N2O2. The van der Waals surface area contributed by atoms with Gasteiger partial charge < -0.3 is 14.4 Å². The smallest absolute Gasteiger partial charge is 0.0846 e. The number of rotatable bonds is 6. The molecule has 0 amide bonds. The summed E-state index contributed by atoms with van der Waals surface area (Å²) in [5.74, 6) is 0. The Bertz CT molecular complexity index is 1230. The van der Waals surface area contributed by atoms with Crippen LogP contribution in [0.2, 0.25) is 0 Å². The zero-order chi connectivity index (χ0) is 22.8. The number of nitrogens with zero attached hydrogens (tertiary/aromatic N) is 2. The lowest BCUT2D eigenvalue weighted by Gasteiger charge is -2.29. The summed E-state index contributed by atoms with van der Waals surface area (Å²) >= 11 is 0. The van der Waals surface area contributed by atoms with E-state index in [1.165, 1.54) is 44.4 Å². The minimum atomic E-state index is -0.467. The van der Waals surface area contributed by atoms with E-state index in [4.69, 9.17) is 4.74 Å². The summed E-state index contributed by atoms with van der Waals surface area (Å²) in [7, 11) is 0. The molecule has 1 aliphatic heterocycles. The van der Waals surface area contributed by atoms with E-state index < -0.39 is 6.10 Å². The molecule has 1 fully saturated rings. The van der Waals surface area contributed by atoms with Crippen LogP contribution >= 0.6 is 0 Å². The van der Waals surface area contributed by atoms with E-state index in [1.807, 2.05) is 0 Å². The van der Waals surface area contributed by atoms with Crippen LogP contribution in [-0.2, 0) is 11.3 Å². The largest absolute Gasteiger partial charge is 0.390 e. The summed E-state index contributed by atoms with van der Waals surface area (Å²) in [5, 5.41) is 12.5. The van der Waals surface area contributed by atoms with Crippen LogP contribution in [0.4, 0.5) is 0 Å². The number of fused-ring (bicyclic) bond motifs is 1. The predicted molar refractivity (Wildman–Crippen MR) is 136 cm³/mol. The van der Waals surface area contributed by atoms with E-state index >= 15 is 0 Å². The maximum atomic E-state index is 11.2. The summed E-state index contributed by atoms with van der Waals surface area (Å²) in [6.45, 7) is 8.79. The number of benzene rings is 3. The highest BCUT2D eigenvalue weighted by Gasteiger charge is 2.24. The van der Waals surface area contributed by atoms with E-state index in [-0.39, 0.29) is 0 Å². The van der Waals surface area contributed by atoms with Crippen LogP contribution in [0.15, 0.2) is 72.8 Å². The number of aromatic nitrogens is 1. The Morgan fingerprint density at radius 2 is 1.48 bits per heavy atom. The molecule has 4 nitrogen and oxygen atoms in total. The fourth-order valence-corrected chi connectivity index (χ4v) is 5.21. The van der Waals surface area contributed by atoms with E-state index in [9.17, 15) is 5.11 Å². The number of aryl methyl sites for hydroxylation is 2. The quantitative estimate of drug-likeness (QED) is 0.443. The minimum Gasteiger partial charge on any atom is -0.390 e. The maximum absolute atomic E-state index is 11.2. The Hall–Kier alpha value is -2.92. The van der Waals surface area contributed by atoms with Crippen LogP contribution in [-0.4, -0.2) is 53.5 Å². The van der Waals surface area contributed by atoms with Crippen LogP contribution < -0.4 is 0 Å². The molecule has 1 atom stereocenters. The lowest BCUT2D eigenvalue weighted by molar-refractivity contribution is 0.0118. The Morgan fingerprint density at radius 1 is 0.848 bits per heavy atom. The van der Waals surface area contributed by atoms with Crippen molar-refractivity contribution >= 4 is 10.9 Å². The van der Waals surface area contributed by atoms with Gasteiger partial charge in [0, 0.05) is 30.6 Å². The Morgan fingerprint density at radius 3 is 2.15 bits per heavy atom. The number of hydrogen-bond donors (Lipinski definition) is 1. The Labute approximate surface area is 196 Å². The molecule has 0 saturated carbocycles. The van der Waals surface area contributed by atoms with Crippen molar-refractivity contribution in [1.82, 2.24) is 9.47 Å². The van der Waals surface area contributed by atoms with Crippen LogP contribution in [0.5, 0.6) is 0 Å². The van der Waals surface area contributed by atoms with Crippen LogP contribution in [0, 0.1) is 13.8 Å². The van der Waals surface area contributed by atoms with Crippen molar-refractivity contribution in [3.05, 3.63) is 83.9 Å². The monoisotopic (exact) mass is 440 g/mol. The first kappa shape index (κ1) is 21.9. The first-order valence-corrected chi connectivity index (χ1v) is 11.8. The van der Waals surface area contributed by atoms with Gasteiger partial charge in [-0.05, 0) is 36.6 Å². The van der Waals surface area contributed by atoms with Gasteiger partial charge in [-0.1, -0.05) is 72.3 Å². The van der Waals surface area contributed by atoms with Gasteiger partial charge in [0.25, 0.3) is 0 Å². The first-order valence-electron chi connectivity index (χ1n) is 11.8. The normalized spacial score (nSPS) is 15.7. The highest BCUT2D eigenvalue weighted by molar-refractivity contribution is 6.06. The summed E-state index contributed by atoms with van der Waals surface area (Å²) in [6.07, 6.45) is -0.467. The third kappa shape index (κ3) is 4.47. The maximum Gasteiger partial charge on any atom is 0.0846 e. The molecular weight excluding hydrogens is 408 g/mol. The van der Waals surface area contributed by atoms with E-state index in [0.717, 1.165) is 26.3 Å². The van der Waals surface area contributed by atoms with Gasteiger partial charge in [0.15, 0.2) is 0 Å². The first-order chi connectivity index (χ1) is 16.1. The van der Waals surface area contributed by atoms with Crippen molar-refractivity contribution in [2.75, 3.05) is 32.8 Å². The molecule has 1 saturated heterocycles. The van der Waals surface area contributed by atoms with Crippen molar-refractivity contribution in [3.63, 3.8) is 0 Å². The molecule has 5 rings (SSSR count). The molecule has 0 bridgehead atoms. The standard InChI is InChI=1S/C29H32N2O2/c1-21-17-22(2)28-26(18-21)27(23-9-5-3-6-10-23)29(24-11-7-4-8-12-24)31(28)20-25(32)19-30-13-15-33-16-14-30/h3-12,17-18,25,32H,13-16,19-20H2,1-2H3. The number of ether oxygens (including phenoxy) is 1. The van der Waals surface area contributed by atoms with Crippen LogP contribution in [0.3, 0.4) is 0 Å². The summed E-state index contributed by atoms with van der Waals surface area (Å²) in [6, 6.07) is 25.8. The molecule has 170 valence electrons. The fourth-order valence-electron chi connectivity index (χ4n) is 5.21. The zero-order valence-electron chi connectivity index (χ0n) is 19.5. The van der Waals surface area contributed by atoms with E-state index in [1.54, 1.807) is 0 Å². The van der Waals surface area contributed by atoms with Crippen LogP contribution in [0.1, 0.15) is 11.1 Å². The Balaban J connectivity index is 1.70. The minimum absolute atomic E-state index is 0.467. The topological polar surface area (TPSA) is 37.6 Å². The molecule has 0 radical (unpaired) electrons. The number of aliphatic hydroxyl groups excluding tert-OH is 1. The average molecular weight is 441 g/mol. The van der Waals surface area contributed by atoms with Crippen molar-refractivity contribution < 1.29 is 9.84 Å². The SMILES string of the molecule is Cc1cc(C)c2c(c1)c(-c1ccccc1)c(-c1ccccc1)n2CC(O)CN1CCOCC1. The van der Waals surface area contributed by atoms with Gasteiger partial charge in [0.1, 0.15) is 0 Å². The molecule has 2 heterocycles.